The van der Waals surface area contributed by atoms with E-state index in [-0.39, 0.29) is 12.3 Å². The van der Waals surface area contributed by atoms with Crippen LogP contribution in [-0.4, -0.2) is 39.3 Å². The topological polar surface area (TPSA) is 89.2 Å². The highest BCUT2D eigenvalue weighted by molar-refractivity contribution is 7.15. The molecule has 4 rings (SSSR count). The van der Waals surface area contributed by atoms with E-state index in [2.05, 4.69) is 9.97 Å². The number of hydrogen-bond acceptors (Lipinski definition) is 5. The third kappa shape index (κ3) is 3.48. The van der Waals surface area contributed by atoms with Crippen molar-refractivity contribution >= 4 is 23.2 Å². The smallest absolute Gasteiger partial charge is 0.240 e. The summed E-state index contributed by atoms with van der Waals surface area (Å²) >= 11 is 1.39. The second-order valence-corrected chi connectivity index (χ2v) is 8.42. The molecule has 3 heterocycles. The number of pyridine rings is 1. The van der Waals surface area contributed by atoms with Crippen LogP contribution in [0.2, 0.25) is 0 Å². The highest BCUT2D eigenvalue weighted by atomic mass is 32.1. The first kappa shape index (κ1) is 14.7. The first-order valence-corrected chi connectivity index (χ1v) is 10.0. The molecule has 1 atom stereocenters. The summed E-state index contributed by atoms with van der Waals surface area (Å²) in [5, 5.41) is 0.651. The van der Waals surface area contributed by atoms with Gasteiger partial charge in [0.1, 0.15) is 11.0 Å². The van der Waals surface area contributed by atoms with Crippen LogP contribution in [0.4, 0.5) is 0 Å². The molecular formula is C20H24N4O2S. The summed E-state index contributed by atoms with van der Waals surface area (Å²) in [6.45, 7) is -1.55. The molecular weight excluding hydrogens is 360 g/mol. The summed E-state index contributed by atoms with van der Waals surface area (Å²) < 4.78 is 23.9. The lowest BCUT2D eigenvalue weighted by Crippen LogP contribution is -2.44. The zero-order chi connectivity index (χ0) is 21.5. The summed E-state index contributed by atoms with van der Waals surface area (Å²) in [5.41, 5.74) is 5.98. The maximum absolute atomic E-state index is 12.6. The Morgan fingerprint density at radius 3 is 2.96 bits per heavy atom. The van der Waals surface area contributed by atoms with E-state index < -0.39 is 24.2 Å². The first-order chi connectivity index (χ1) is 14.2. The molecule has 0 unspecified atom stereocenters. The molecule has 2 aliphatic rings. The third-order valence-corrected chi connectivity index (χ3v) is 6.55. The Bertz CT molecular complexity index is 971. The van der Waals surface area contributed by atoms with Crippen LogP contribution in [0.25, 0.3) is 10.4 Å². The molecule has 1 aliphatic heterocycles. The molecule has 2 amide bonds. The lowest BCUT2D eigenvalue weighted by Gasteiger charge is -2.37. The van der Waals surface area contributed by atoms with Gasteiger partial charge in [-0.1, -0.05) is 13.3 Å². The van der Waals surface area contributed by atoms with Gasteiger partial charge in [0.15, 0.2) is 0 Å². The van der Waals surface area contributed by atoms with E-state index in [4.69, 9.17) is 9.85 Å². The minimum absolute atomic E-state index is 0.117. The number of aromatic nitrogens is 2. The molecule has 0 bridgehead atoms. The molecule has 1 saturated carbocycles. The Hall–Kier alpha value is -2.28. The van der Waals surface area contributed by atoms with Gasteiger partial charge in [-0.3, -0.25) is 14.6 Å². The van der Waals surface area contributed by atoms with Crippen molar-refractivity contribution in [1.82, 2.24) is 14.9 Å². The standard InChI is InChI=1S/C20H24N4O2S/c1-20(6-3-7-20)16-10-13(5-8-22-16)15-12-23-17(27-15)11-18(25)24-9-2-4-14(24)19(21)26/h5,8,10,12,14H,2-4,6-7,9,11H2,1H3,(H2,21,26)/t14-/m0/s1/i1D3. The Morgan fingerprint density at radius 1 is 1.41 bits per heavy atom. The van der Waals surface area contributed by atoms with Gasteiger partial charge in [0.05, 0.1) is 11.3 Å². The molecule has 0 spiro atoms. The van der Waals surface area contributed by atoms with Gasteiger partial charge < -0.3 is 10.6 Å². The summed E-state index contributed by atoms with van der Waals surface area (Å²) in [5.74, 6) is -0.618. The zero-order valence-electron chi connectivity index (χ0n) is 18.0. The van der Waals surface area contributed by atoms with Crippen molar-refractivity contribution in [3.05, 3.63) is 35.2 Å². The highest BCUT2D eigenvalue weighted by Gasteiger charge is 2.35. The number of hydrogen-bond donors (Lipinski definition) is 1. The van der Waals surface area contributed by atoms with Crippen LogP contribution >= 0.6 is 11.3 Å². The van der Waals surface area contributed by atoms with E-state index in [1.807, 2.05) is 12.1 Å². The van der Waals surface area contributed by atoms with Crippen LogP contribution < -0.4 is 5.73 Å². The van der Waals surface area contributed by atoms with Gasteiger partial charge in [0, 0.05) is 34.2 Å². The normalized spacial score (nSPS) is 23.2. The first-order valence-electron chi connectivity index (χ1n) is 10.7. The molecule has 1 saturated heterocycles. The number of amides is 2. The fraction of sp³-hybridized carbons (Fsp3) is 0.500. The average Bonchev–Trinajstić information content (AvgIpc) is 3.29. The molecule has 1 aliphatic carbocycles. The lowest BCUT2D eigenvalue weighted by molar-refractivity contribution is -0.136. The van der Waals surface area contributed by atoms with Crippen LogP contribution in [-0.2, 0) is 21.4 Å². The van der Waals surface area contributed by atoms with Gasteiger partial charge in [0.2, 0.25) is 11.8 Å². The van der Waals surface area contributed by atoms with Crippen LogP contribution in [0.1, 0.15) is 53.8 Å². The van der Waals surface area contributed by atoms with Crippen molar-refractivity contribution in [1.29, 1.82) is 0 Å². The fourth-order valence-corrected chi connectivity index (χ4v) is 4.65. The summed E-state index contributed by atoms with van der Waals surface area (Å²) in [7, 11) is 0. The van der Waals surface area contributed by atoms with Gasteiger partial charge in [0.25, 0.3) is 0 Å². The number of primary amides is 1. The van der Waals surface area contributed by atoms with Crippen molar-refractivity contribution < 1.29 is 13.7 Å². The molecule has 0 radical (unpaired) electrons. The van der Waals surface area contributed by atoms with Gasteiger partial charge >= 0.3 is 0 Å². The predicted molar refractivity (Wildman–Crippen MR) is 104 cm³/mol. The van der Waals surface area contributed by atoms with Crippen molar-refractivity contribution in [2.24, 2.45) is 5.73 Å². The molecule has 2 aromatic rings. The largest absolute Gasteiger partial charge is 0.368 e. The molecule has 7 heteroatoms. The van der Waals surface area contributed by atoms with E-state index in [9.17, 15) is 9.59 Å². The van der Waals surface area contributed by atoms with Gasteiger partial charge in [-0.15, -0.1) is 11.3 Å². The number of rotatable bonds is 5. The van der Waals surface area contributed by atoms with Crippen molar-refractivity contribution in [3.8, 4) is 10.4 Å². The maximum atomic E-state index is 12.6. The second kappa shape index (κ2) is 7.03. The zero-order valence-corrected chi connectivity index (χ0v) is 15.8. The van der Waals surface area contributed by atoms with E-state index in [1.54, 1.807) is 17.3 Å². The minimum atomic E-state index is -2.09. The Labute approximate surface area is 167 Å². The van der Waals surface area contributed by atoms with Crippen molar-refractivity contribution in [3.63, 3.8) is 0 Å². The number of carbonyl (C=O) groups excluding carboxylic acids is 2. The Balaban J connectivity index is 1.52. The summed E-state index contributed by atoms with van der Waals surface area (Å²) in [6, 6.07) is 3.14. The van der Waals surface area contributed by atoms with E-state index in [1.165, 1.54) is 11.3 Å². The Morgan fingerprint density at radius 2 is 2.26 bits per heavy atom. The van der Waals surface area contributed by atoms with Gasteiger partial charge in [-0.2, -0.15) is 0 Å². The van der Waals surface area contributed by atoms with Crippen molar-refractivity contribution in [2.75, 3.05) is 6.54 Å². The third-order valence-electron chi connectivity index (χ3n) is 5.50. The number of thiazole rings is 1. The van der Waals surface area contributed by atoms with Crippen molar-refractivity contribution in [2.45, 2.75) is 56.8 Å². The number of nitrogens with zero attached hydrogens (tertiary/aromatic N) is 3. The molecule has 2 aromatic heterocycles. The fourth-order valence-electron chi connectivity index (χ4n) is 3.75. The van der Waals surface area contributed by atoms with Gasteiger partial charge in [-0.25, -0.2) is 4.98 Å². The molecule has 142 valence electrons. The van der Waals surface area contributed by atoms with E-state index in [0.29, 0.717) is 36.5 Å². The minimum Gasteiger partial charge on any atom is -0.368 e. The second-order valence-electron chi connectivity index (χ2n) is 7.31. The van der Waals surface area contributed by atoms with E-state index >= 15 is 0 Å². The van der Waals surface area contributed by atoms with Gasteiger partial charge in [-0.05, 0) is 43.4 Å². The molecule has 6 nitrogen and oxygen atoms in total. The average molecular weight is 388 g/mol. The predicted octanol–water partition coefficient (Wildman–Crippen LogP) is 2.67. The number of carbonyl (C=O) groups is 2. The number of likely N-dealkylation sites (tertiary alicyclic amines) is 1. The monoisotopic (exact) mass is 387 g/mol. The van der Waals surface area contributed by atoms with E-state index in [0.717, 1.165) is 23.3 Å². The maximum Gasteiger partial charge on any atom is 0.240 e. The van der Waals surface area contributed by atoms with Crippen LogP contribution in [0, 0.1) is 0 Å². The van der Waals surface area contributed by atoms with Crippen LogP contribution in [0.3, 0.4) is 0 Å². The van der Waals surface area contributed by atoms with Crippen LogP contribution in [0.15, 0.2) is 24.5 Å². The summed E-state index contributed by atoms with van der Waals surface area (Å²) in [6.07, 6.45) is 6.94. The summed E-state index contributed by atoms with van der Waals surface area (Å²) in [4.78, 5) is 35.3. The highest BCUT2D eigenvalue weighted by Crippen LogP contribution is 2.43. The van der Waals surface area contributed by atoms with Crippen LogP contribution in [0.5, 0.6) is 0 Å². The quantitative estimate of drug-likeness (QED) is 0.854. The molecule has 0 aromatic carbocycles. The molecule has 2 fully saturated rings. The number of nitrogens with two attached hydrogens (primary N) is 1. The SMILES string of the molecule is [2H]C([2H])([2H])C1(c2cc(-c3cnc(CC(=O)N4CCC[C@H]4C(N)=O)s3)ccn2)CCC1. The molecule has 27 heavy (non-hydrogen) atoms. The lowest BCUT2D eigenvalue weighted by atomic mass is 9.68. The molecule has 2 N–H and O–H groups in total. The Kier molecular flexibility index (Phi) is 3.84.